The summed E-state index contributed by atoms with van der Waals surface area (Å²) in [6.07, 6.45) is 4.53. The summed E-state index contributed by atoms with van der Waals surface area (Å²) < 4.78 is 0. The van der Waals surface area contributed by atoms with E-state index in [1.165, 1.54) is 16.0 Å². The van der Waals surface area contributed by atoms with Crippen LogP contribution in [0.1, 0.15) is 74.9 Å². The van der Waals surface area contributed by atoms with Crippen LogP contribution in [0.2, 0.25) is 0 Å². The van der Waals surface area contributed by atoms with Crippen molar-refractivity contribution in [1.29, 1.82) is 0 Å². The Kier molecular flexibility index (Phi) is 10.4. The fourth-order valence-electron chi connectivity index (χ4n) is 5.96. The molecule has 1 heterocycles. The van der Waals surface area contributed by atoms with Gasteiger partial charge in [-0.05, 0) is 92.8 Å². The number of pyridine rings is 1. The third-order valence-corrected chi connectivity index (χ3v) is 8.51. The maximum atomic E-state index is 13.5. The van der Waals surface area contributed by atoms with Gasteiger partial charge in [0.2, 0.25) is 0 Å². The maximum absolute atomic E-state index is 13.5. The average molecular weight is 620 g/mol. The summed E-state index contributed by atoms with van der Waals surface area (Å²) >= 11 is 0. The van der Waals surface area contributed by atoms with Gasteiger partial charge in [-0.3, -0.25) is 19.4 Å². The SMILES string of the molecule is CCN(CC)c1ccc(NC(=O)c2cccc(C(=O)N(C)CCO)c2)c(-c2cc(C(=O)NC3CCCc4ccccc43)ccn2)c1. The highest BCUT2D eigenvalue weighted by molar-refractivity contribution is 6.08. The van der Waals surface area contributed by atoms with Gasteiger partial charge < -0.3 is 25.5 Å². The average Bonchev–Trinajstić information content (AvgIpc) is 3.09. The maximum Gasteiger partial charge on any atom is 0.255 e. The van der Waals surface area contributed by atoms with E-state index < -0.39 is 0 Å². The summed E-state index contributed by atoms with van der Waals surface area (Å²) in [4.78, 5) is 48.1. The first-order valence-corrected chi connectivity index (χ1v) is 15.8. The standard InChI is InChI=1S/C37H41N5O4/c1-4-42(5-2)29-16-17-33(40-35(44)26-12-8-13-28(22-26)37(46)41(3)20-21-43)31(24-29)34-23-27(18-19-38-34)36(45)39-32-15-9-11-25-10-6-7-14-30(25)32/h6-8,10,12-14,16-19,22-24,32,43H,4-5,9,11,15,20-21H2,1-3H3,(H,39,45)(H,40,44). The molecule has 0 radical (unpaired) electrons. The number of amides is 3. The lowest BCUT2D eigenvalue weighted by molar-refractivity contribution is 0.0766. The van der Waals surface area contributed by atoms with Crippen molar-refractivity contribution in [3.05, 3.63) is 113 Å². The number of aliphatic hydroxyl groups is 1. The van der Waals surface area contributed by atoms with Crippen molar-refractivity contribution >= 4 is 29.1 Å². The summed E-state index contributed by atoms with van der Waals surface area (Å²) in [5.41, 5.74) is 6.30. The van der Waals surface area contributed by atoms with Crippen LogP contribution in [0.15, 0.2) is 85.1 Å². The molecule has 0 saturated carbocycles. The molecule has 1 atom stereocenters. The molecule has 9 heteroatoms. The van der Waals surface area contributed by atoms with Gasteiger partial charge in [-0.15, -0.1) is 0 Å². The number of hydrogen-bond acceptors (Lipinski definition) is 6. The van der Waals surface area contributed by atoms with Crippen LogP contribution in [0.4, 0.5) is 11.4 Å². The molecule has 5 rings (SSSR count). The summed E-state index contributed by atoms with van der Waals surface area (Å²) in [5.74, 6) is -0.853. The number of benzene rings is 3. The molecule has 238 valence electrons. The summed E-state index contributed by atoms with van der Waals surface area (Å²) in [5, 5.41) is 15.5. The third-order valence-electron chi connectivity index (χ3n) is 8.51. The van der Waals surface area contributed by atoms with Crippen LogP contribution in [0.3, 0.4) is 0 Å². The Morgan fingerprint density at radius 1 is 0.891 bits per heavy atom. The van der Waals surface area contributed by atoms with Gasteiger partial charge in [-0.2, -0.15) is 0 Å². The highest BCUT2D eigenvalue weighted by atomic mass is 16.3. The van der Waals surface area contributed by atoms with E-state index in [-0.39, 0.29) is 36.9 Å². The molecule has 0 fully saturated rings. The second-order valence-corrected chi connectivity index (χ2v) is 11.4. The van der Waals surface area contributed by atoms with Gasteiger partial charge in [0.25, 0.3) is 17.7 Å². The van der Waals surface area contributed by atoms with E-state index in [0.29, 0.717) is 33.6 Å². The molecule has 9 nitrogen and oxygen atoms in total. The third kappa shape index (κ3) is 7.26. The quantitative estimate of drug-likeness (QED) is 0.198. The Balaban J connectivity index is 1.44. The normalized spacial score (nSPS) is 13.8. The summed E-state index contributed by atoms with van der Waals surface area (Å²) in [6.45, 7) is 5.79. The van der Waals surface area contributed by atoms with E-state index in [0.717, 1.165) is 38.0 Å². The van der Waals surface area contributed by atoms with Crippen molar-refractivity contribution in [3.8, 4) is 11.3 Å². The zero-order chi connectivity index (χ0) is 32.6. The number of aromatic nitrogens is 1. The zero-order valence-corrected chi connectivity index (χ0v) is 26.6. The summed E-state index contributed by atoms with van der Waals surface area (Å²) in [7, 11) is 1.60. The highest BCUT2D eigenvalue weighted by Gasteiger charge is 2.23. The van der Waals surface area contributed by atoms with Gasteiger partial charge in [0.1, 0.15) is 0 Å². The second kappa shape index (κ2) is 14.8. The van der Waals surface area contributed by atoms with Gasteiger partial charge in [-0.1, -0.05) is 30.3 Å². The number of fused-ring (bicyclic) bond motifs is 1. The molecule has 4 aromatic rings. The monoisotopic (exact) mass is 619 g/mol. The van der Waals surface area contributed by atoms with Crippen LogP contribution in [0, 0.1) is 0 Å². The molecule has 1 aliphatic rings. The summed E-state index contributed by atoms with van der Waals surface area (Å²) in [6, 6.07) is 23.9. The molecule has 3 amide bonds. The smallest absolute Gasteiger partial charge is 0.255 e. The van der Waals surface area contributed by atoms with Crippen LogP contribution in [-0.2, 0) is 6.42 Å². The minimum absolute atomic E-state index is 0.0546. The fourth-order valence-corrected chi connectivity index (χ4v) is 5.96. The number of aliphatic hydroxyl groups excluding tert-OH is 1. The van der Waals surface area contributed by atoms with Crippen LogP contribution < -0.4 is 15.5 Å². The Hall–Kier alpha value is -5.02. The molecule has 1 aliphatic carbocycles. The molecule has 1 unspecified atom stereocenters. The van der Waals surface area contributed by atoms with E-state index >= 15 is 0 Å². The first-order chi connectivity index (χ1) is 22.3. The minimum Gasteiger partial charge on any atom is -0.395 e. The Morgan fingerprint density at radius 3 is 2.43 bits per heavy atom. The van der Waals surface area contributed by atoms with Gasteiger partial charge >= 0.3 is 0 Å². The van der Waals surface area contributed by atoms with Crippen molar-refractivity contribution in [2.24, 2.45) is 0 Å². The highest BCUT2D eigenvalue weighted by Crippen LogP contribution is 2.33. The van der Waals surface area contributed by atoms with E-state index in [2.05, 4.69) is 46.5 Å². The number of anilines is 2. The zero-order valence-electron chi connectivity index (χ0n) is 26.6. The lowest BCUT2D eigenvalue weighted by Crippen LogP contribution is -2.31. The van der Waals surface area contributed by atoms with E-state index in [9.17, 15) is 19.5 Å². The molecule has 0 saturated heterocycles. The van der Waals surface area contributed by atoms with Crippen LogP contribution in [0.5, 0.6) is 0 Å². The first kappa shape index (κ1) is 32.4. The van der Waals surface area contributed by atoms with E-state index in [1.807, 2.05) is 30.3 Å². The van der Waals surface area contributed by atoms with E-state index in [1.54, 1.807) is 49.6 Å². The lowest BCUT2D eigenvalue weighted by atomic mass is 9.87. The molecule has 0 spiro atoms. The molecule has 1 aromatic heterocycles. The largest absolute Gasteiger partial charge is 0.395 e. The first-order valence-electron chi connectivity index (χ1n) is 15.8. The predicted octanol–water partition coefficient (Wildman–Crippen LogP) is 5.72. The number of likely N-dealkylation sites (N-methyl/N-ethyl adjacent to an activating group) is 1. The van der Waals surface area contributed by atoms with E-state index in [4.69, 9.17) is 0 Å². The van der Waals surface area contributed by atoms with Crippen molar-refractivity contribution < 1.29 is 19.5 Å². The molecule has 3 N–H and O–H groups in total. The molecule has 46 heavy (non-hydrogen) atoms. The van der Waals surface area contributed by atoms with Crippen molar-refractivity contribution in [2.75, 3.05) is 43.5 Å². The molecule has 0 bridgehead atoms. The van der Waals surface area contributed by atoms with Crippen LogP contribution in [0.25, 0.3) is 11.3 Å². The van der Waals surface area contributed by atoms with Gasteiger partial charge in [0.15, 0.2) is 0 Å². The van der Waals surface area contributed by atoms with Gasteiger partial charge in [-0.25, -0.2) is 0 Å². The number of nitrogens with zero attached hydrogens (tertiary/aromatic N) is 3. The number of aryl methyl sites for hydroxylation is 1. The van der Waals surface area contributed by atoms with Crippen molar-refractivity contribution in [3.63, 3.8) is 0 Å². The van der Waals surface area contributed by atoms with Crippen LogP contribution in [-0.4, -0.2) is 66.0 Å². The number of carbonyl (C=O) groups is 3. The Labute approximate surface area is 270 Å². The Bertz CT molecular complexity index is 1720. The molecular formula is C37H41N5O4. The minimum atomic E-state index is -0.388. The van der Waals surface area contributed by atoms with Crippen LogP contribution >= 0.6 is 0 Å². The van der Waals surface area contributed by atoms with Crippen molar-refractivity contribution in [1.82, 2.24) is 15.2 Å². The predicted molar refractivity (Wildman–Crippen MR) is 181 cm³/mol. The number of hydrogen-bond donors (Lipinski definition) is 3. The van der Waals surface area contributed by atoms with Crippen molar-refractivity contribution in [2.45, 2.75) is 39.2 Å². The fraction of sp³-hybridized carbons (Fsp3) is 0.297. The Morgan fingerprint density at radius 2 is 1.65 bits per heavy atom. The topological polar surface area (TPSA) is 115 Å². The lowest BCUT2D eigenvalue weighted by Gasteiger charge is -2.26. The van der Waals surface area contributed by atoms with Gasteiger partial charge in [0, 0.05) is 60.8 Å². The molecule has 3 aromatic carbocycles. The number of rotatable bonds is 11. The molecule has 0 aliphatic heterocycles. The molecular weight excluding hydrogens is 578 g/mol. The second-order valence-electron chi connectivity index (χ2n) is 11.4. The number of carbonyl (C=O) groups excluding carboxylic acids is 3. The van der Waals surface area contributed by atoms with Gasteiger partial charge in [0.05, 0.1) is 24.0 Å². The number of nitrogens with one attached hydrogen (secondary N) is 2.